The van der Waals surface area contributed by atoms with Gasteiger partial charge < -0.3 is 9.47 Å². The molecular weight excluding hydrogens is 292 g/mol. The number of benzene rings is 1. The summed E-state index contributed by atoms with van der Waals surface area (Å²) in [5.41, 5.74) is 1.09. The lowest BCUT2D eigenvalue weighted by Crippen LogP contribution is -2.35. The Bertz CT molecular complexity index is 574. The van der Waals surface area contributed by atoms with Crippen molar-refractivity contribution in [1.29, 1.82) is 0 Å². The number of fused-ring (bicyclic) bond motifs is 1. The summed E-state index contributed by atoms with van der Waals surface area (Å²) < 4.78 is 3.04. The molecule has 0 aliphatic carbocycles. The van der Waals surface area contributed by atoms with Crippen molar-refractivity contribution in [1.82, 2.24) is 9.47 Å². The molecule has 1 aromatic carbocycles. The number of hydrogen-bond donors (Lipinski definition) is 0. The highest BCUT2D eigenvalue weighted by Crippen LogP contribution is 2.21. The van der Waals surface area contributed by atoms with E-state index in [0.717, 1.165) is 15.4 Å². The molecule has 0 unspecified atom stereocenters. The van der Waals surface area contributed by atoms with Crippen molar-refractivity contribution >= 4 is 32.7 Å². The number of hydrogen-bond acceptors (Lipinski definition) is 1. The summed E-state index contributed by atoms with van der Waals surface area (Å²) in [6, 6.07) is 8.34. The van der Waals surface area contributed by atoms with Gasteiger partial charge in [0.2, 0.25) is 5.91 Å². The van der Waals surface area contributed by atoms with Gasteiger partial charge in [-0.1, -0.05) is 15.9 Å². The van der Waals surface area contributed by atoms with Gasteiger partial charge in [-0.15, -0.1) is 0 Å². The molecular formula is C14H17BrN2O. The van der Waals surface area contributed by atoms with Crippen LogP contribution in [0.5, 0.6) is 0 Å². The molecule has 0 spiro atoms. The van der Waals surface area contributed by atoms with E-state index in [4.69, 9.17) is 0 Å². The van der Waals surface area contributed by atoms with Gasteiger partial charge in [-0.2, -0.15) is 0 Å². The topological polar surface area (TPSA) is 25.2 Å². The Labute approximate surface area is 116 Å². The normalized spacial score (nSPS) is 11.2. The van der Waals surface area contributed by atoms with Crippen LogP contribution in [-0.4, -0.2) is 28.5 Å². The fraction of sp³-hybridized carbons (Fsp3) is 0.357. The predicted molar refractivity (Wildman–Crippen MR) is 77.5 cm³/mol. The Kier molecular flexibility index (Phi) is 3.76. The van der Waals surface area contributed by atoms with Crippen LogP contribution in [-0.2, 0) is 11.3 Å². The number of aromatic nitrogens is 1. The molecule has 0 atom stereocenters. The molecule has 0 saturated heterocycles. The van der Waals surface area contributed by atoms with E-state index in [0.29, 0.717) is 6.54 Å². The zero-order valence-electron chi connectivity index (χ0n) is 10.9. The Balaban J connectivity index is 2.25. The first-order valence-electron chi connectivity index (χ1n) is 5.99. The first kappa shape index (κ1) is 13.1. The van der Waals surface area contributed by atoms with Gasteiger partial charge in [-0.3, -0.25) is 4.79 Å². The minimum atomic E-state index is 0.130. The SMILES string of the molecule is CC(C)N(C)C(=O)Cn1ccc2cc(Br)ccc21. The van der Waals surface area contributed by atoms with Gasteiger partial charge in [0.25, 0.3) is 0 Å². The van der Waals surface area contributed by atoms with Gasteiger partial charge in [0.05, 0.1) is 0 Å². The summed E-state index contributed by atoms with van der Waals surface area (Å²) in [6.45, 7) is 4.42. The van der Waals surface area contributed by atoms with Crippen LogP contribution in [0.3, 0.4) is 0 Å². The average molecular weight is 309 g/mol. The summed E-state index contributed by atoms with van der Waals surface area (Å²) in [4.78, 5) is 13.8. The molecule has 2 aromatic rings. The monoisotopic (exact) mass is 308 g/mol. The lowest BCUT2D eigenvalue weighted by Gasteiger charge is -2.21. The maximum atomic E-state index is 12.1. The molecule has 1 heterocycles. The third-order valence-electron chi connectivity index (χ3n) is 3.21. The lowest BCUT2D eigenvalue weighted by atomic mass is 10.2. The van der Waals surface area contributed by atoms with Crippen LogP contribution in [0.15, 0.2) is 34.9 Å². The van der Waals surface area contributed by atoms with Crippen molar-refractivity contribution in [3.63, 3.8) is 0 Å². The van der Waals surface area contributed by atoms with Gasteiger partial charge in [0, 0.05) is 34.7 Å². The Morgan fingerprint density at radius 2 is 2.11 bits per heavy atom. The summed E-state index contributed by atoms with van der Waals surface area (Å²) in [5, 5.41) is 1.14. The number of carbonyl (C=O) groups excluding carboxylic acids is 1. The number of halogens is 1. The quantitative estimate of drug-likeness (QED) is 0.854. The zero-order chi connectivity index (χ0) is 13.3. The summed E-state index contributed by atoms with van der Waals surface area (Å²) >= 11 is 3.45. The highest BCUT2D eigenvalue weighted by molar-refractivity contribution is 9.10. The van der Waals surface area contributed by atoms with E-state index in [9.17, 15) is 4.79 Å². The van der Waals surface area contributed by atoms with Gasteiger partial charge in [-0.05, 0) is 38.1 Å². The molecule has 3 nitrogen and oxygen atoms in total. The minimum Gasteiger partial charge on any atom is -0.342 e. The van der Waals surface area contributed by atoms with Crippen molar-refractivity contribution < 1.29 is 4.79 Å². The largest absolute Gasteiger partial charge is 0.342 e. The van der Waals surface area contributed by atoms with Crippen LogP contribution in [0.4, 0.5) is 0 Å². The molecule has 0 radical (unpaired) electrons. The molecule has 96 valence electrons. The van der Waals surface area contributed by atoms with Crippen molar-refractivity contribution in [3.05, 3.63) is 34.9 Å². The van der Waals surface area contributed by atoms with E-state index in [2.05, 4.69) is 22.0 Å². The molecule has 0 N–H and O–H groups in total. The van der Waals surface area contributed by atoms with E-state index in [1.165, 1.54) is 0 Å². The molecule has 1 amide bonds. The first-order chi connectivity index (χ1) is 8.49. The average Bonchev–Trinajstić information content (AvgIpc) is 2.70. The highest BCUT2D eigenvalue weighted by Gasteiger charge is 2.13. The number of amides is 1. The van der Waals surface area contributed by atoms with Crippen molar-refractivity contribution in [3.8, 4) is 0 Å². The highest BCUT2D eigenvalue weighted by atomic mass is 79.9. The Morgan fingerprint density at radius 3 is 2.78 bits per heavy atom. The van der Waals surface area contributed by atoms with Crippen LogP contribution >= 0.6 is 15.9 Å². The maximum Gasteiger partial charge on any atom is 0.242 e. The van der Waals surface area contributed by atoms with Crippen molar-refractivity contribution in [2.75, 3.05) is 7.05 Å². The third-order valence-corrected chi connectivity index (χ3v) is 3.70. The van der Waals surface area contributed by atoms with E-state index in [-0.39, 0.29) is 11.9 Å². The van der Waals surface area contributed by atoms with Crippen molar-refractivity contribution in [2.24, 2.45) is 0 Å². The molecule has 0 fully saturated rings. The maximum absolute atomic E-state index is 12.1. The Hall–Kier alpha value is -1.29. The number of nitrogens with zero attached hydrogens (tertiary/aromatic N) is 2. The molecule has 4 heteroatoms. The molecule has 2 rings (SSSR count). The summed E-state index contributed by atoms with van der Waals surface area (Å²) in [7, 11) is 1.84. The van der Waals surface area contributed by atoms with Gasteiger partial charge in [0.1, 0.15) is 6.54 Å². The molecule has 1 aromatic heterocycles. The van der Waals surface area contributed by atoms with Crippen LogP contribution in [0.25, 0.3) is 10.9 Å². The molecule has 0 bridgehead atoms. The second kappa shape index (κ2) is 5.14. The van der Waals surface area contributed by atoms with E-state index >= 15 is 0 Å². The lowest BCUT2D eigenvalue weighted by molar-refractivity contribution is -0.131. The number of likely N-dealkylation sites (N-methyl/N-ethyl adjacent to an activating group) is 1. The minimum absolute atomic E-state index is 0.130. The standard InChI is InChI=1S/C14H17BrN2O/c1-10(2)16(3)14(18)9-17-7-6-11-8-12(15)4-5-13(11)17/h4-8,10H,9H2,1-3H3. The van der Waals surface area contributed by atoms with E-state index < -0.39 is 0 Å². The van der Waals surface area contributed by atoms with E-state index in [1.54, 1.807) is 4.90 Å². The predicted octanol–water partition coefficient (Wildman–Crippen LogP) is 3.27. The van der Waals surface area contributed by atoms with Crippen LogP contribution in [0, 0.1) is 0 Å². The van der Waals surface area contributed by atoms with Gasteiger partial charge in [-0.25, -0.2) is 0 Å². The van der Waals surface area contributed by atoms with Gasteiger partial charge in [0.15, 0.2) is 0 Å². The second-order valence-corrected chi connectivity index (χ2v) is 5.66. The third kappa shape index (κ3) is 2.58. The molecule has 0 aliphatic rings. The van der Waals surface area contributed by atoms with E-state index in [1.807, 2.05) is 49.9 Å². The number of rotatable bonds is 3. The van der Waals surface area contributed by atoms with Crippen LogP contribution in [0.2, 0.25) is 0 Å². The number of carbonyl (C=O) groups is 1. The van der Waals surface area contributed by atoms with Crippen LogP contribution in [0.1, 0.15) is 13.8 Å². The fourth-order valence-corrected chi connectivity index (χ4v) is 2.23. The first-order valence-corrected chi connectivity index (χ1v) is 6.78. The fourth-order valence-electron chi connectivity index (χ4n) is 1.85. The summed E-state index contributed by atoms with van der Waals surface area (Å²) in [6.07, 6.45) is 1.96. The van der Waals surface area contributed by atoms with Crippen molar-refractivity contribution in [2.45, 2.75) is 26.4 Å². The second-order valence-electron chi connectivity index (χ2n) is 4.75. The molecule has 0 aliphatic heterocycles. The summed E-state index contributed by atoms with van der Waals surface area (Å²) in [5.74, 6) is 0.130. The molecule has 18 heavy (non-hydrogen) atoms. The molecule has 0 saturated carbocycles. The Morgan fingerprint density at radius 1 is 1.39 bits per heavy atom. The smallest absolute Gasteiger partial charge is 0.242 e. The van der Waals surface area contributed by atoms with Gasteiger partial charge >= 0.3 is 0 Å². The van der Waals surface area contributed by atoms with Crippen LogP contribution < -0.4 is 0 Å². The zero-order valence-corrected chi connectivity index (χ0v) is 12.4.